The van der Waals surface area contributed by atoms with Gasteiger partial charge in [0.25, 0.3) is 0 Å². The molecule has 0 aliphatic heterocycles. The van der Waals surface area contributed by atoms with Crippen molar-refractivity contribution >= 4 is 0 Å². The lowest BCUT2D eigenvalue weighted by Gasteiger charge is -2.14. The molecule has 0 spiro atoms. The summed E-state index contributed by atoms with van der Waals surface area (Å²) < 4.78 is 67.4. The zero-order chi connectivity index (χ0) is 14.8. The van der Waals surface area contributed by atoms with Crippen LogP contribution in [0.4, 0.5) is 22.0 Å². The van der Waals surface area contributed by atoms with Crippen LogP contribution < -0.4 is 4.74 Å². The molecular weight excluding hydrogens is 283 g/mol. The number of alkyl halides is 5. The highest BCUT2D eigenvalue weighted by Crippen LogP contribution is 2.38. The Morgan fingerprint density at radius 2 is 1.75 bits per heavy atom. The van der Waals surface area contributed by atoms with Crippen molar-refractivity contribution in [2.24, 2.45) is 0 Å². The second-order valence-corrected chi connectivity index (χ2v) is 3.67. The first-order valence-corrected chi connectivity index (χ1v) is 5.32. The minimum atomic E-state index is -4.68. The first-order valence-electron chi connectivity index (χ1n) is 5.32. The predicted molar refractivity (Wildman–Crippen MR) is 59.1 cm³/mol. The molecule has 1 aromatic carbocycles. The molecule has 20 heavy (non-hydrogen) atoms. The van der Waals surface area contributed by atoms with Crippen molar-refractivity contribution in [2.45, 2.75) is 12.8 Å². The van der Waals surface area contributed by atoms with E-state index in [-0.39, 0.29) is 5.56 Å². The van der Waals surface area contributed by atoms with Gasteiger partial charge in [0.15, 0.2) is 0 Å². The molecule has 0 radical (unpaired) electrons. The number of para-hydroxylation sites is 1. The molecule has 0 amide bonds. The van der Waals surface area contributed by atoms with Gasteiger partial charge in [-0.25, -0.2) is 0 Å². The van der Waals surface area contributed by atoms with Crippen LogP contribution >= 0.6 is 0 Å². The molecule has 0 bridgehead atoms. The predicted octanol–water partition coefficient (Wildman–Crippen LogP) is 3.76. The maximum atomic E-state index is 12.9. The molecule has 8 heteroatoms. The number of rotatable bonds is 3. The van der Waals surface area contributed by atoms with Gasteiger partial charge in [0.1, 0.15) is 11.4 Å². The molecule has 3 nitrogen and oxygen atoms in total. The first-order chi connectivity index (χ1) is 9.39. The van der Waals surface area contributed by atoms with Gasteiger partial charge >= 0.3 is 12.8 Å². The Bertz CT molecular complexity index is 600. The van der Waals surface area contributed by atoms with Crippen LogP contribution in [0.25, 0.3) is 11.3 Å². The molecule has 2 rings (SSSR count). The summed E-state index contributed by atoms with van der Waals surface area (Å²) in [4.78, 5) is 0. The molecule has 0 atom stereocenters. The molecule has 0 saturated heterocycles. The summed E-state index contributed by atoms with van der Waals surface area (Å²) in [7, 11) is 0. The van der Waals surface area contributed by atoms with E-state index >= 15 is 0 Å². The second-order valence-electron chi connectivity index (χ2n) is 3.67. The highest BCUT2D eigenvalue weighted by atomic mass is 19.4. The van der Waals surface area contributed by atoms with Crippen LogP contribution in [0, 0.1) is 0 Å². The van der Waals surface area contributed by atoms with Crippen LogP contribution in [0.15, 0.2) is 36.5 Å². The topological polar surface area (TPSA) is 35.0 Å². The van der Waals surface area contributed by atoms with E-state index in [0.29, 0.717) is 0 Å². The van der Waals surface area contributed by atoms with Crippen molar-refractivity contribution in [3.63, 3.8) is 0 Å². The monoisotopic (exact) mass is 290 g/mol. The van der Waals surface area contributed by atoms with Crippen molar-refractivity contribution < 1.29 is 26.7 Å². The third kappa shape index (κ3) is 3.01. The van der Waals surface area contributed by atoms with Crippen molar-refractivity contribution in [2.75, 3.05) is 0 Å². The lowest BCUT2D eigenvalue weighted by atomic mass is 10.1. The Labute approximate surface area is 110 Å². The Balaban J connectivity index is 2.58. The van der Waals surface area contributed by atoms with E-state index in [4.69, 9.17) is 0 Å². The summed E-state index contributed by atoms with van der Waals surface area (Å²) in [6.45, 7) is -3.15. The van der Waals surface area contributed by atoms with Gasteiger partial charge in [-0.1, -0.05) is 12.1 Å². The van der Waals surface area contributed by atoms with E-state index < -0.39 is 29.8 Å². The van der Waals surface area contributed by atoms with Gasteiger partial charge in [0.05, 0.1) is 11.8 Å². The average molecular weight is 290 g/mol. The van der Waals surface area contributed by atoms with E-state index in [1.54, 1.807) is 0 Å². The van der Waals surface area contributed by atoms with Crippen LogP contribution in [0.3, 0.4) is 0 Å². The number of ether oxygens (including phenoxy) is 1. The molecule has 0 aliphatic carbocycles. The molecule has 1 heterocycles. The van der Waals surface area contributed by atoms with E-state index in [1.165, 1.54) is 18.2 Å². The number of benzene rings is 1. The molecule has 0 unspecified atom stereocenters. The number of aromatic nitrogens is 2. The summed E-state index contributed by atoms with van der Waals surface area (Å²) >= 11 is 0. The van der Waals surface area contributed by atoms with Crippen molar-refractivity contribution in [3.05, 3.63) is 42.1 Å². The third-order valence-electron chi connectivity index (χ3n) is 2.38. The number of nitrogens with zero attached hydrogens (tertiary/aromatic N) is 2. The number of hydrogen-bond acceptors (Lipinski definition) is 3. The molecule has 0 fully saturated rings. The Morgan fingerprint density at radius 3 is 2.40 bits per heavy atom. The molecule has 106 valence electrons. The maximum absolute atomic E-state index is 12.9. The molecule has 0 saturated carbocycles. The summed E-state index contributed by atoms with van der Waals surface area (Å²) in [5.74, 6) is -0.395. The SMILES string of the molecule is FC(F)Oc1ccccc1-c1nnccc1C(F)(F)F. The van der Waals surface area contributed by atoms with Crippen LogP contribution in [-0.2, 0) is 6.18 Å². The van der Waals surface area contributed by atoms with Crippen molar-refractivity contribution in [3.8, 4) is 17.0 Å². The quantitative estimate of drug-likeness (QED) is 0.807. The Hall–Kier alpha value is -2.25. The summed E-state index contributed by atoms with van der Waals surface area (Å²) in [5.41, 5.74) is -1.83. The van der Waals surface area contributed by atoms with Gasteiger partial charge in [-0.3, -0.25) is 0 Å². The van der Waals surface area contributed by atoms with Gasteiger partial charge in [0.2, 0.25) is 0 Å². The standard InChI is InChI=1S/C12H7F5N2O/c13-11(14)20-9-4-2-1-3-7(9)10-8(12(15,16)17)5-6-18-19-10/h1-6,11H. The minimum absolute atomic E-state index is 0.201. The third-order valence-corrected chi connectivity index (χ3v) is 2.38. The van der Waals surface area contributed by atoms with Crippen molar-refractivity contribution in [1.29, 1.82) is 0 Å². The van der Waals surface area contributed by atoms with Gasteiger partial charge in [0, 0.05) is 5.56 Å². The minimum Gasteiger partial charge on any atom is -0.434 e. The van der Waals surface area contributed by atoms with E-state index in [0.717, 1.165) is 18.3 Å². The largest absolute Gasteiger partial charge is 0.434 e. The Kier molecular flexibility index (Phi) is 3.82. The molecular formula is C12H7F5N2O. The zero-order valence-corrected chi connectivity index (χ0v) is 9.73. The zero-order valence-electron chi connectivity index (χ0n) is 9.73. The average Bonchev–Trinajstić information content (AvgIpc) is 2.38. The number of halogens is 5. The summed E-state index contributed by atoms with van der Waals surface area (Å²) in [6.07, 6.45) is -3.80. The van der Waals surface area contributed by atoms with Gasteiger partial charge in [-0.2, -0.15) is 27.1 Å². The van der Waals surface area contributed by atoms with Gasteiger partial charge in [-0.15, -0.1) is 5.10 Å². The highest BCUT2D eigenvalue weighted by Gasteiger charge is 2.35. The van der Waals surface area contributed by atoms with E-state index in [2.05, 4.69) is 14.9 Å². The van der Waals surface area contributed by atoms with Crippen LogP contribution in [0.1, 0.15) is 5.56 Å². The second kappa shape index (κ2) is 5.40. The highest BCUT2D eigenvalue weighted by molar-refractivity contribution is 5.70. The fourth-order valence-corrected chi connectivity index (χ4v) is 1.62. The first kappa shape index (κ1) is 14.2. The van der Waals surface area contributed by atoms with Crippen molar-refractivity contribution in [1.82, 2.24) is 10.2 Å². The fourth-order valence-electron chi connectivity index (χ4n) is 1.62. The lowest BCUT2D eigenvalue weighted by molar-refractivity contribution is -0.137. The van der Waals surface area contributed by atoms with E-state index in [1.807, 2.05) is 0 Å². The normalized spacial score (nSPS) is 11.7. The van der Waals surface area contributed by atoms with Crippen LogP contribution in [0.5, 0.6) is 5.75 Å². The van der Waals surface area contributed by atoms with Gasteiger partial charge in [-0.05, 0) is 18.2 Å². The summed E-state index contributed by atoms with van der Waals surface area (Å²) in [6, 6.07) is 5.82. The summed E-state index contributed by atoms with van der Waals surface area (Å²) in [5, 5.41) is 6.75. The molecule has 2 aromatic rings. The van der Waals surface area contributed by atoms with Crippen LogP contribution in [-0.4, -0.2) is 16.8 Å². The maximum Gasteiger partial charge on any atom is 0.418 e. The van der Waals surface area contributed by atoms with Gasteiger partial charge < -0.3 is 4.74 Å². The lowest BCUT2D eigenvalue weighted by Crippen LogP contribution is -2.10. The fraction of sp³-hybridized carbons (Fsp3) is 0.167. The smallest absolute Gasteiger partial charge is 0.418 e. The Morgan fingerprint density at radius 1 is 1.05 bits per heavy atom. The molecule has 0 N–H and O–H groups in total. The van der Waals surface area contributed by atoms with E-state index in [9.17, 15) is 22.0 Å². The number of hydrogen-bond donors (Lipinski definition) is 0. The van der Waals surface area contributed by atoms with Crippen LogP contribution in [0.2, 0.25) is 0 Å². The molecule has 0 aliphatic rings. The molecule has 1 aromatic heterocycles.